The van der Waals surface area contributed by atoms with Gasteiger partial charge in [-0.15, -0.1) is 24.0 Å². The van der Waals surface area contributed by atoms with Gasteiger partial charge in [0.05, 0.1) is 6.61 Å². The SMILES string of the molecule is CCNC(=NCCCN1CCN(c2cccc(C)c2)CC1)NCCOC.I. The summed E-state index contributed by atoms with van der Waals surface area (Å²) in [6.07, 6.45) is 1.09. The first kappa shape index (κ1) is 24.0. The van der Waals surface area contributed by atoms with Gasteiger partial charge in [0.15, 0.2) is 5.96 Å². The normalized spacial score (nSPS) is 15.4. The number of hydrogen-bond donors (Lipinski definition) is 2. The first-order valence-corrected chi connectivity index (χ1v) is 9.78. The molecule has 0 aromatic heterocycles. The maximum absolute atomic E-state index is 5.07. The van der Waals surface area contributed by atoms with E-state index in [-0.39, 0.29) is 24.0 Å². The highest BCUT2D eigenvalue weighted by Crippen LogP contribution is 2.17. The second-order valence-electron chi connectivity index (χ2n) is 6.70. The van der Waals surface area contributed by atoms with Crippen molar-refractivity contribution >= 4 is 35.6 Å². The van der Waals surface area contributed by atoms with Crippen molar-refractivity contribution in [3.8, 4) is 0 Å². The molecule has 2 rings (SSSR count). The van der Waals surface area contributed by atoms with Gasteiger partial charge in [-0.05, 0) is 38.0 Å². The molecule has 0 bridgehead atoms. The first-order chi connectivity index (χ1) is 12.7. The predicted octanol–water partition coefficient (Wildman–Crippen LogP) is 2.33. The Morgan fingerprint density at radius 1 is 1.19 bits per heavy atom. The van der Waals surface area contributed by atoms with Gasteiger partial charge in [-0.3, -0.25) is 9.89 Å². The van der Waals surface area contributed by atoms with Crippen LogP contribution in [0.3, 0.4) is 0 Å². The monoisotopic (exact) mass is 489 g/mol. The molecule has 7 heteroatoms. The average Bonchev–Trinajstić information content (AvgIpc) is 2.66. The molecule has 0 aliphatic carbocycles. The third-order valence-electron chi connectivity index (χ3n) is 4.58. The molecular weight excluding hydrogens is 453 g/mol. The fraction of sp³-hybridized carbons (Fsp3) is 0.650. The third-order valence-corrected chi connectivity index (χ3v) is 4.58. The van der Waals surface area contributed by atoms with Crippen molar-refractivity contribution < 1.29 is 4.74 Å². The number of nitrogens with one attached hydrogen (secondary N) is 2. The summed E-state index contributed by atoms with van der Waals surface area (Å²) in [6, 6.07) is 8.81. The molecule has 0 saturated carbocycles. The Bertz CT molecular complexity index is 547. The van der Waals surface area contributed by atoms with Crippen LogP contribution in [0.4, 0.5) is 5.69 Å². The van der Waals surface area contributed by atoms with Gasteiger partial charge < -0.3 is 20.3 Å². The van der Waals surface area contributed by atoms with Gasteiger partial charge in [-0.1, -0.05) is 12.1 Å². The van der Waals surface area contributed by atoms with Gasteiger partial charge in [0, 0.05) is 65.2 Å². The number of hydrogen-bond acceptors (Lipinski definition) is 4. The standard InChI is InChI=1S/C20H35N5O.HI/c1-4-21-20(23-10-16-26-3)22-9-6-11-24-12-14-25(15-13-24)19-8-5-7-18(2)17-19;/h5,7-8,17H,4,6,9-16H2,1-3H3,(H2,21,22,23);1H. The van der Waals surface area contributed by atoms with E-state index < -0.39 is 0 Å². The van der Waals surface area contributed by atoms with Crippen LogP contribution in [0.1, 0.15) is 18.9 Å². The minimum Gasteiger partial charge on any atom is -0.383 e. The van der Waals surface area contributed by atoms with E-state index in [1.54, 1.807) is 7.11 Å². The smallest absolute Gasteiger partial charge is 0.191 e. The van der Waals surface area contributed by atoms with Crippen LogP contribution in [0.25, 0.3) is 0 Å². The lowest BCUT2D eigenvalue weighted by Gasteiger charge is -2.36. The number of aryl methyl sites for hydroxylation is 1. The van der Waals surface area contributed by atoms with Crippen molar-refractivity contribution in [3.05, 3.63) is 29.8 Å². The number of anilines is 1. The summed E-state index contributed by atoms with van der Waals surface area (Å²) in [6.45, 7) is 13.0. The molecule has 1 aromatic rings. The fourth-order valence-corrected chi connectivity index (χ4v) is 3.15. The van der Waals surface area contributed by atoms with E-state index in [4.69, 9.17) is 4.74 Å². The molecule has 1 aliphatic heterocycles. The summed E-state index contributed by atoms with van der Waals surface area (Å²) in [5.74, 6) is 0.883. The number of halogens is 1. The van der Waals surface area contributed by atoms with E-state index in [0.717, 1.165) is 64.7 Å². The highest BCUT2D eigenvalue weighted by atomic mass is 127. The summed E-state index contributed by atoms with van der Waals surface area (Å²) in [5, 5.41) is 6.55. The Hall–Kier alpha value is -1.06. The zero-order chi connectivity index (χ0) is 18.6. The van der Waals surface area contributed by atoms with Gasteiger partial charge in [0.2, 0.25) is 0 Å². The predicted molar refractivity (Wildman–Crippen MR) is 126 cm³/mol. The van der Waals surface area contributed by atoms with Crippen molar-refractivity contribution in [1.82, 2.24) is 15.5 Å². The summed E-state index contributed by atoms with van der Waals surface area (Å²) in [7, 11) is 1.71. The van der Waals surface area contributed by atoms with Gasteiger partial charge >= 0.3 is 0 Å². The summed E-state index contributed by atoms with van der Waals surface area (Å²) < 4.78 is 5.07. The van der Waals surface area contributed by atoms with Crippen molar-refractivity contribution in [1.29, 1.82) is 0 Å². The Balaban J connectivity index is 0.00000364. The van der Waals surface area contributed by atoms with E-state index in [1.165, 1.54) is 11.3 Å². The maximum Gasteiger partial charge on any atom is 0.191 e. The number of benzene rings is 1. The van der Waals surface area contributed by atoms with Crippen molar-refractivity contribution in [2.75, 3.05) is 71.0 Å². The molecule has 27 heavy (non-hydrogen) atoms. The summed E-state index contributed by atoms with van der Waals surface area (Å²) in [5.41, 5.74) is 2.69. The quantitative estimate of drug-likeness (QED) is 0.242. The molecule has 1 fully saturated rings. The largest absolute Gasteiger partial charge is 0.383 e. The molecule has 0 amide bonds. The third kappa shape index (κ3) is 9.12. The number of ether oxygens (including phenoxy) is 1. The molecule has 0 unspecified atom stereocenters. The van der Waals surface area contributed by atoms with Gasteiger partial charge in [-0.2, -0.15) is 0 Å². The Kier molecular flexibility index (Phi) is 12.4. The number of nitrogens with zero attached hydrogens (tertiary/aromatic N) is 3. The zero-order valence-corrected chi connectivity index (χ0v) is 19.4. The molecule has 1 aromatic carbocycles. The van der Waals surface area contributed by atoms with Crippen LogP contribution in [0, 0.1) is 6.92 Å². The summed E-state index contributed by atoms with van der Waals surface area (Å²) in [4.78, 5) is 9.68. The molecule has 0 atom stereocenters. The highest BCUT2D eigenvalue weighted by molar-refractivity contribution is 14.0. The molecule has 6 nitrogen and oxygen atoms in total. The molecule has 154 valence electrons. The van der Waals surface area contributed by atoms with Crippen LogP contribution >= 0.6 is 24.0 Å². The highest BCUT2D eigenvalue weighted by Gasteiger charge is 2.16. The molecule has 0 radical (unpaired) electrons. The van der Waals surface area contributed by atoms with Crippen LogP contribution in [0.15, 0.2) is 29.3 Å². The molecule has 2 N–H and O–H groups in total. The van der Waals surface area contributed by atoms with Gasteiger partial charge in [-0.25, -0.2) is 0 Å². The average molecular weight is 489 g/mol. The Labute approximate surface area is 181 Å². The molecule has 0 spiro atoms. The van der Waals surface area contributed by atoms with Crippen LogP contribution in [0.5, 0.6) is 0 Å². The van der Waals surface area contributed by atoms with E-state index in [0.29, 0.717) is 6.61 Å². The number of guanidine groups is 1. The van der Waals surface area contributed by atoms with E-state index in [2.05, 4.69) is 63.5 Å². The first-order valence-electron chi connectivity index (χ1n) is 9.78. The zero-order valence-electron chi connectivity index (χ0n) is 17.0. The van der Waals surface area contributed by atoms with E-state index >= 15 is 0 Å². The molecule has 1 aliphatic rings. The van der Waals surface area contributed by atoms with E-state index in [9.17, 15) is 0 Å². The fourth-order valence-electron chi connectivity index (χ4n) is 3.15. The number of aliphatic imine (C=N–C) groups is 1. The van der Waals surface area contributed by atoms with Crippen LogP contribution in [-0.4, -0.2) is 76.9 Å². The number of piperazine rings is 1. The molecule has 1 heterocycles. The maximum atomic E-state index is 5.07. The topological polar surface area (TPSA) is 52.1 Å². The van der Waals surface area contributed by atoms with Gasteiger partial charge in [0.1, 0.15) is 0 Å². The second-order valence-corrected chi connectivity index (χ2v) is 6.70. The second kappa shape index (κ2) is 14.0. The van der Waals surface area contributed by atoms with Crippen LogP contribution < -0.4 is 15.5 Å². The van der Waals surface area contributed by atoms with E-state index in [1.807, 2.05) is 0 Å². The van der Waals surface area contributed by atoms with Crippen LogP contribution in [-0.2, 0) is 4.74 Å². The molecule has 1 saturated heterocycles. The lowest BCUT2D eigenvalue weighted by atomic mass is 10.2. The number of rotatable bonds is 9. The lowest BCUT2D eigenvalue weighted by molar-refractivity contribution is 0.203. The van der Waals surface area contributed by atoms with Crippen LogP contribution in [0.2, 0.25) is 0 Å². The Morgan fingerprint density at radius 3 is 2.63 bits per heavy atom. The lowest BCUT2D eigenvalue weighted by Crippen LogP contribution is -2.46. The van der Waals surface area contributed by atoms with Crippen molar-refractivity contribution in [3.63, 3.8) is 0 Å². The van der Waals surface area contributed by atoms with Crippen molar-refractivity contribution in [2.45, 2.75) is 20.3 Å². The minimum atomic E-state index is 0. The number of methoxy groups -OCH3 is 1. The molecular formula is C20H36IN5O. The minimum absolute atomic E-state index is 0. The van der Waals surface area contributed by atoms with Gasteiger partial charge in [0.25, 0.3) is 0 Å². The Morgan fingerprint density at radius 2 is 1.96 bits per heavy atom. The van der Waals surface area contributed by atoms with Crippen molar-refractivity contribution in [2.24, 2.45) is 4.99 Å². The summed E-state index contributed by atoms with van der Waals surface area (Å²) >= 11 is 0.